The highest BCUT2D eigenvalue weighted by Gasteiger charge is 2.62. The molecule has 3 fully saturated rings. The van der Waals surface area contributed by atoms with E-state index in [1.807, 2.05) is 0 Å². The smallest absolute Gasteiger partial charge is 0.136 e. The normalized spacial score (nSPS) is 47.7. The molecule has 4 nitrogen and oxygen atoms in total. The van der Waals surface area contributed by atoms with Crippen LogP contribution in [0, 0.1) is 34.5 Å². The summed E-state index contributed by atoms with van der Waals surface area (Å²) in [5, 5.41) is 10.2. The van der Waals surface area contributed by atoms with Gasteiger partial charge in [0, 0.05) is 13.0 Å². The number of Topliss-reactive ketones (excluding diaryl/α,β-unsaturated/α-hetero) is 1. The molecule has 0 aromatic heterocycles. The Kier molecular flexibility index (Phi) is 5.52. The van der Waals surface area contributed by atoms with Crippen LogP contribution in [-0.2, 0) is 14.3 Å². The summed E-state index contributed by atoms with van der Waals surface area (Å²) in [6.45, 7) is 7.74. The SMILES string of the molecule is COCCO[C@@H]1C[C@H]2[C@@H]3CC=C4C[C@@H](O)CC[C@]4(C)[C@H]3CC[C@]2(C)[C@H]1C(C)=O. The first-order chi connectivity index (χ1) is 13.3. The van der Waals surface area contributed by atoms with Gasteiger partial charge < -0.3 is 14.6 Å². The molecule has 0 amide bonds. The number of aliphatic hydroxyl groups excluding tert-OH is 1. The van der Waals surface area contributed by atoms with E-state index in [0.717, 1.165) is 38.5 Å². The molecule has 0 aromatic rings. The fourth-order valence-corrected chi connectivity index (χ4v) is 7.80. The van der Waals surface area contributed by atoms with Crippen molar-refractivity contribution in [1.29, 1.82) is 0 Å². The molecule has 0 saturated heterocycles. The number of aliphatic hydroxyl groups is 1. The minimum atomic E-state index is -0.156. The summed E-state index contributed by atoms with van der Waals surface area (Å²) in [7, 11) is 1.69. The summed E-state index contributed by atoms with van der Waals surface area (Å²) < 4.78 is 11.4. The third-order valence-electron chi connectivity index (χ3n) is 9.14. The Labute approximate surface area is 170 Å². The molecular formula is C24H38O4. The number of hydrogen-bond donors (Lipinski definition) is 1. The van der Waals surface area contributed by atoms with E-state index in [-0.39, 0.29) is 29.0 Å². The van der Waals surface area contributed by atoms with E-state index in [4.69, 9.17) is 9.47 Å². The average molecular weight is 391 g/mol. The van der Waals surface area contributed by atoms with E-state index >= 15 is 0 Å². The molecule has 3 saturated carbocycles. The van der Waals surface area contributed by atoms with Crippen LogP contribution in [0.25, 0.3) is 0 Å². The molecule has 158 valence electrons. The van der Waals surface area contributed by atoms with Gasteiger partial charge in [0.15, 0.2) is 0 Å². The van der Waals surface area contributed by atoms with Crippen molar-refractivity contribution in [1.82, 2.24) is 0 Å². The maximum atomic E-state index is 12.7. The Morgan fingerprint density at radius 3 is 2.71 bits per heavy atom. The van der Waals surface area contributed by atoms with Gasteiger partial charge in [-0.2, -0.15) is 0 Å². The largest absolute Gasteiger partial charge is 0.393 e. The Bertz CT molecular complexity index is 643. The molecular weight excluding hydrogens is 352 g/mol. The molecule has 0 radical (unpaired) electrons. The molecule has 0 unspecified atom stereocenters. The lowest BCUT2D eigenvalue weighted by atomic mass is 9.47. The first kappa shape index (κ1) is 20.6. The molecule has 4 aliphatic rings. The first-order valence-electron chi connectivity index (χ1n) is 11.3. The maximum Gasteiger partial charge on any atom is 0.136 e. The van der Waals surface area contributed by atoms with Gasteiger partial charge in [-0.25, -0.2) is 0 Å². The van der Waals surface area contributed by atoms with E-state index in [0.29, 0.717) is 36.8 Å². The molecule has 0 spiro atoms. The van der Waals surface area contributed by atoms with E-state index < -0.39 is 0 Å². The Morgan fingerprint density at radius 1 is 1.21 bits per heavy atom. The van der Waals surface area contributed by atoms with Crippen LogP contribution in [0.15, 0.2) is 11.6 Å². The summed E-state index contributed by atoms with van der Waals surface area (Å²) in [6.07, 6.45) is 9.68. The lowest BCUT2D eigenvalue weighted by Crippen LogP contribution is -2.51. The zero-order chi connectivity index (χ0) is 20.1. The van der Waals surface area contributed by atoms with Crippen LogP contribution >= 0.6 is 0 Å². The standard InChI is InChI=1S/C24H38O4/c1-15(25)22-21(28-12-11-27-4)14-20-18-6-5-16-13-17(26)7-9-23(16,2)19(18)8-10-24(20,22)3/h5,17-22,26H,6-14H2,1-4H3/t17-,18+,19-,20-,21+,22-,23-,24-/m0/s1. The second kappa shape index (κ2) is 7.52. The van der Waals surface area contributed by atoms with Crippen molar-refractivity contribution >= 4 is 5.78 Å². The Balaban J connectivity index is 1.61. The van der Waals surface area contributed by atoms with Crippen molar-refractivity contribution in [3.63, 3.8) is 0 Å². The Hall–Kier alpha value is -0.710. The van der Waals surface area contributed by atoms with Gasteiger partial charge in [0.2, 0.25) is 0 Å². The summed E-state index contributed by atoms with van der Waals surface area (Å²) in [6, 6.07) is 0. The topological polar surface area (TPSA) is 55.8 Å². The van der Waals surface area contributed by atoms with Gasteiger partial charge in [-0.3, -0.25) is 4.79 Å². The Morgan fingerprint density at radius 2 is 2.00 bits per heavy atom. The number of allylic oxidation sites excluding steroid dienone is 1. The number of ketones is 1. The lowest BCUT2D eigenvalue weighted by molar-refractivity contribution is -0.133. The molecule has 0 heterocycles. The summed E-state index contributed by atoms with van der Waals surface area (Å²) in [4.78, 5) is 12.7. The number of carbonyl (C=O) groups is 1. The average Bonchev–Trinajstić information content (AvgIpc) is 2.95. The second-order valence-corrected chi connectivity index (χ2v) is 10.4. The zero-order valence-electron chi connectivity index (χ0n) is 18.1. The molecule has 0 bridgehead atoms. The highest BCUT2D eigenvalue weighted by molar-refractivity contribution is 5.80. The second-order valence-electron chi connectivity index (χ2n) is 10.4. The van der Waals surface area contributed by atoms with E-state index in [2.05, 4.69) is 19.9 Å². The fourth-order valence-electron chi connectivity index (χ4n) is 7.80. The highest BCUT2D eigenvalue weighted by Crippen LogP contribution is 2.66. The van der Waals surface area contributed by atoms with Crippen LogP contribution in [0.3, 0.4) is 0 Å². The minimum Gasteiger partial charge on any atom is -0.393 e. The van der Waals surface area contributed by atoms with Crippen molar-refractivity contribution in [3.05, 3.63) is 11.6 Å². The van der Waals surface area contributed by atoms with Gasteiger partial charge in [0.05, 0.1) is 25.4 Å². The number of rotatable bonds is 5. The highest BCUT2D eigenvalue weighted by atomic mass is 16.5. The van der Waals surface area contributed by atoms with Crippen LogP contribution in [0.1, 0.15) is 65.7 Å². The summed E-state index contributed by atoms with van der Waals surface area (Å²) >= 11 is 0. The monoisotopic (exact) mass is 390 g/mol. The van der Waals surface area contributed by atoms with Crippen molar-refractivity contribution in [3.8, 4) is 0 Å². The lowest BCUT2D eigenvalue weighted by Gasteiger charge is -2.57. The van der Waals surface area contributed by atoms with Gasteiger partial charge in [0.25, 0.3) is 0 Å². The van der Waals surface area contributed by atoms with Crippen molar-refractivity contribution in [2.24, 2.45) is 34.5 Å². The molecule has 0 aromatic carbocycles. The number of ether oxygens (including phenoxy) is 2. The molecule has 0 aliphatic heterocycles. The van der Waals surface area contributed by atoms with Crippen molar-refractivity contribution in [2.75, 3.05) is 20.3 Å². The van der Waals surface area contributed by atoms with Crippen LogP contribution in [0.4, 0.5) is 0 Å². The molecule has 4 rings (SSSR count). The van der Waals surface area contributed by atoms with Crippen LogP contribution in [0.2, 0.25) is 0 Å². The summed E-state index contributed by atoms with van der Waals surface area (Å²) in [5.41, 5.74) is 1.80. The number of methoxy groups -OCH3 is 1. The van der Waals surface area contributed by atoms with Crippen LogP contribution in [-0.4, -0.2) is 43.4 Å². The van der Waals surface area contributed by atoms with Crippen molar-refractivity contribution in [2.45, 2.75) is 77.9 Å². The molecule has 4 heteroatoms. The predicted molar refractivity (Wildman–Crippen MR) is 109 cm³/mol. The van der Waals surface area contributed by atoms with Crippen LogP contribution in [0.5, 0.6) is 0 Å². The number of fused-ring (bicyclic) bond motifs is 5. The molecule has 8 atom stereocenters. The third kappa shape index (κ3) is 3.11. The van der Waals surface area contributed by atoms with Gasteiger partial charge in [-0.1, -0.05) is 25.5 Å². The van der Waals surface area contributed by atoms with Gasteiger partial charge >= 0.3 is 0 Å². The molecule has 4 aliphatic carbocycles. The summed E-state index contributed by atoms with van der Waals surface area (Å²) in [5.74, 6) is 2.18. The quantitative estimate of drug-likeness (QED) is 0.566. The molecule has 1 N–H and O–H groups in total. The van der Waals surface area contributed by atoms with E-state index in [1.165, 1.54) is 12.0 Å². The number of hydrogen-bond acceptors (Lipinski definition) is 4. The number of carbonyl (C=O) groups excluding carboxylic acids is 1. The van der Waals surface area contributed by atoms with Gasteiger partial charge in [-0.15, -0.1) is 0 Å². The predicted octanol–water partition coefficient (Wildman–Crippen LogP) is 4.16. The third-order valence-corrected chi connectivity index (χ3v) is 9.14. The molecule has 28 heavy (non-hydrogen) atoms. The van der Waals surface area contributed by atoms with Gasteiger partial charge in [0.1, 0.15) is 5.78 Å². The van der Waals surface area contributed by atoms with Crippen molar-refractivity contribution < 1.29 is 19.4 Å². The maximum absolute atomic E-state index is 12.7. The zero-order valence-corrected chi connectivity index (χ0v) is 18.1. The first-order valence-corrected chi connectivity index (χ1v) is 11.3. The van der Waals surface area contributed by atoms with E-state index in [9.17, 15) is 9.90 Å². The fraction of sp³-hybridized carbons (Fsp3) is 0.875. The van der Waals surface area contributed by atoms with Gasteiger partial charge in [-0.05, 0) is 80.5 Å². The van der Waals surface area contributed by atoms with Crippen LogP contribution < -0.4 is 0 Å². The minimum absolute atomic E-state index is 0.0154. The van der Waals surface area contributed by atoms with E-state index in [1.54, 1.807) is 14.0 Å².